The fraction of sp³-hybridized carbons (Fsp3) is 0.400. The van der Waals surface area contributed by atoms with Gasteiger partial charge in [-0.2, -0.15) is 0 Å². The Balaban J connectivity index is 1.73. The van der Waals surface area contributed by atoms with Crippen LogP contribution in [0.2, 0.25) is 0 Å². The summed E-state index contributed by atoms with van der Waals surface area (Å²) in [6.07, 6.45) is 6.03. The third kappa shape index (κ3) is 5.73. The van der Waals surface area contributed by atoms with Crippen LogP contribution in [0.15, 0.2) is 53.5 Å². The lowest BCUT2D eigenvalue weighted by atomic mass is 9.81. The van der Waals surface area contributed by atoms with Crippen LogP contribution in [0, 0.1) is 10.8 Å². The van der Waals surface area contributed by atoms with Gasteiger partial charge >= 0.3 is 0 Å². The number of benzene rings is 1. The summed E-state index contributed by atoms with van der Waals surface area (Å²) >= 11 is 0. The molecule has 0 amide bonds. The van der Waals surface area contributed by atoms with Gasteiger partial charge in [-0.1, -0.05) is 6.07 Å². The van der Waals surface area contributed by atoms with E-state index in [1.54, 1.807) is 25.4 Å². The van der Waals surface area contributed by atoms with Crippen LogP contribution in [-0.4, -0.2) is 38.5 Å². The summed E-state index contributed by atoms with van der Waals surface area (Å²) in [6, 6.07) is 8.20. The standard InChI is InChI=1S/C25H32N4O3/c1-24(2)14-18(15-25(3,4)28-24)32-22(27)9-7-20(26)19-12-16(6-8-21(19)30)17-10-11-29(5)23(31)13-17/h6-13,18,26-28,30H,14-15H2,1-5H3/b9-7-,26-20?,27-22?. The summed E-state index contributed by atoms with van der Waals surface area (Å²) in [6.45, 7) is 8.49. The van der Waals surface area contributed by atoms with Gasteiger partial charge < -0.3 is 25.1 Å². The number of allylic oxidation sites excluding steroid dienone is 1. The summed E-state index contributed by atoms with van der Waals surface area (Å²) in [5.74, 6) is -0.0583. The molecule has 2 heterocycles. The molecule has 3 rings (SSSR count). The zero-order chi connectivity index (χ0) is 23.7. The monoisotopic (exact) mass is 436 g/mol. The van der Waals surface area contributed by atoms with Crippen molar-refractivity contribution in [3.8, 4) is 16.9 Å². The topological polar surface area (TPSA) is 111 Å². The van der Waals surface area contributed by atoms with Crippen molar-refractivity contribution in [1.29, 1.82) is 10.8 Å². The first-order valence-corrected chi connectivity index (χ1v) is 10.7. The van der Waals surface area contributed by atoms with Gasteiger partial charge in [0, 0.05) is 54.9 Å². The van der Waals surface area contributed by atoms with Crippen LogP contribution in [0.3, 0.4) is 0 Å². The fourth-order valence-electron chi connectivity index (χ4n) is 4.44. The largest absolute Gasteiger partial charge is 0.507 e. The molecule has 1 aromatic carbocycles. The minimum Gasteiger partial charge on any atom is -0.507 e. The molecule has 1 aromatic heterocycles. The van der Waals surface area contributed by atoms with E-state index >= 15 is 0 Å². The Bertz CT molecular complexity index is 1110. The molecule has 0 spiro atoms. The maximum Gasteiger partial charge on any atom is 0.250 e. The lowest BCUT2D eigenvalue weighted by molar-refractivity contribution is 0.0485. The predicted octanol–water partition coefficient (Wildman–Crippen LogP) is 3.99. The lowest BCUT2D eigenvalue weighted by Gasteiger charge is -2.46. The molecule has 0 radical (unpaired) electrons. The molecule has 0 saturated carbocycles. The summed E-state index contributed by atoms with van der Waals surface area (Å²) in [4.78, 5) is 11.9. The van der Waals surface area contributed by atoms with Crippen LogP contribution in [0.25, 0.3) is 11.1 Å². The van der Waals surface area contributed by atoms with E-state index < -0.39 is 0 Å². The number of nitrogens with one attached hydrogen (secondary N) is 3. The Hall–Kier alpha value is -3.19. The molecule has 2 aromatic rings. The summed E-state index contributed by atoms with van der Waals surface area (Å²) in [5.41, 5.74) is 1.48. The van der Waals surface area contributed by atoms with E-state index in [1.807, 2.05) is 6.07 Å². The van der Waals surface area contributed by atoms with Crippen molar-refractivity contribution < 1.29 is 9.84 Å². The van der Waals surface area contributed by atoms with Crippen LogP contribution in [-0.2, 0) is 11.8 Å². The second kappa shape index (κ2) is 8.74. The van der Waals surface area contributed by atoms with Gasteiger partial charge in [-0.3, -0.25) is 10.2 Å². The number of rotatable bonds is 5. The number of phenolic OH excluding ortho intramolecular Hbond substituents is 1. The van der Waals surface area contributed by atoms with Crippen molar-refractivity contribution in [2.45, 2.75) is 57.7 Å². The van der Waals surface area contributed by atoms with E-state index in [0.29, 0.717) is 11.1 Å². The van der Waals surface area contributed by atoms with E-state index in [9.17, 15) is 9.90 Å². The highest BCUT2D eigenvalue weighted by molar-refractivity contribution is 6.11. The molecule has 32 heavy (non-hydrogen) atoms. The average molecular weight is 437 g/mol. The highest BCUT2D eigenvalue weighted by Crippen LogP contribution is 2.30. The minimum absolute atomic E-state index is 0.0181. The molecule has 0 aliphatic carbocycles. The van der Waals surface area contributed by atoms with E-state index in [-0.39, 0.29) is 40.1 Å². The summed E-state index contributed by atoms with van der Waals surface area (Å²) < 4.78 is 7.33. The van der Waals surface area contributed by atoms with E-state index in [2.05, 4.69) is 33.0 Å². The normalized spacial score (nSPS) is 17.9. The van der Waals surface area contributed by atoms with Crippen LogP contribution in [0.1, 0.15) is 46.1 Å². The Labute approximate surface area is 188 Å². The molecule has 0 bridgehead atoms. The van der Waals surface area contributed by atoms with Crippen LogP contribution < -0.4 is 10.9 Å². The summed E-state index contributed by atoms with van der Waals surface area (Å²) in [7, 11) is 1.68. The fourth-order valence-corrected chi connectivity index (χ4v) is 4.44. The van der Waals surface area contributed by atoms with E-state index in [4.69, 9.17) is 15.6 Å². The number of aryl methyl sites for hydroxylation is 1. The van der Waals surface area contributed by atoms with E-state index in [1.165, 1.54) is 28.9 Å². The van der Waals surface area contributed by atoms with Crippen LogP contribution in [0.5, 0.6) is 5.75 Å². The molecule has 4 N–H and O–H groups in total. The highest BCUT2D eigenvalue weighted by atomic mass is 16.5. The minimum atomic E-state index is -0.137. The number of hydrogen-bond donors (Lipinski definition) is 4. The summed E-state index contributed by atoms with van der Waals surface area (Å²) in [5, 5.41) is 30.4. The molecule has 1 aliphatic rings. The van der Waals surface area contributed by atoms with Gasteiger partial charge in [0.2, 0.25) is 5.90 Å². The quantitative estimate of drug-likeness (QED) is 0.419. The molecule has 0 unspecified atom stereocenters. The Kier molecular flexibility index (Phi) is 6.41. The van der Waals surface area contributed by atoms with Crippen molar-refractivity contribution in [3.05, 3.63) is 64.6 Å². The van der Waals surface area contributed by atoms with Gasteiger partial charge in [-0.15, -0.1) is 0 Å². The molecule has 170 valence electrons. The SMILES string of the molecule is Cn1ccc(-c2ccc(O)c(C(=N)/C=C\C(=N)OC3CC(C)(C)NC(C)(C)C3)c2)cc1=O. The Morgan fingerprint density at radius 1 is 1.09 bits per heavy atom. The molecule has 1 aliphatic heterocycles. The Morgan fingerprint density at radius 3 is 2.34 bits per heavy atom. The average Bonchev–Trinajstić information content (AvgIpc) is 2.66. The first-order valence-electron chi connectivity index (χ1n) is 10.7. The number of piperidine rings is 1. The van der Waals surface area contributed by atoms with Gasteiger partial charge in [-0.05, 0) is 63.1 Å². The smallest absolute Gasteiger partial charge is 0.250 e. The second-order valence-electron chi connectivity index (χ2n) is 9.75. The van der Waals surface area contributed by atoms with Gasteiger partial charge in [0.1, 0.15) is 11.9 Å². The van der Waals surface area contributed by atoms with Gasteiger partial charge in [-0.25, -0.2) is 0 Å². The van der Waals surface area contributed by atoms with E-state index in [0.717, 1.165) is 18.4 Å². The molecule has 1 saturated heterocycles. The maximum atomic E-state index is 11.9. The molecule has 7 heteroatoms. The number of aromatic hydroxyl groups is 1. The number of ether oxygens (including phenoxy) is 1. The first kappa shape index (κ1) is 23.5. The first-order chi connectivity index (χ1) is 14.8. The lowest BCUT2D eigenvalue weighted by Crippen LogP contribution is -2.59. The number of pyridine rings is 1. The molecular weight excluding hydrogens is 404 g/mol. The third-order valence-corrected chi connectivity index (χ3v) is 5.57. The zero-order valence-corrected chi connectivity index (χ0v) is 19.3. The van der Waals surface area contributed by atoms with Gasteiger partial charge in [0.05, 0.1) is 5.71 Å². The second-order valence-corrected chi connectivity index (χ2v) is 9.75. The molecular formula is C25H32N4O3. The van der Waals surface area contributed by atoms with Crippen molar-refractivity contribution in [1.82, 2.24) is 9.88 Å². The van der Waals surface area contributed by atoms with Crippen LogP contribution in [0.4, 0.5) is 0 Å². The number of phenols is 1. The number of aromatic nitrogens is 1. The Morgan fingerprint density at radius 2 is 1.72 bits per heavy atom. The third-order valence-electron chi connectivity index (χ3n) is 5.57. The van der Waals surface area contributed by atoms with Crippen molar-refractivity contribution in [3.63, 3.8) is 0 Å². The number of hydrogen-bond acceptors (Lipinski definition) is 6. The molecule has 1 fully saturated rings. The maximum absolute atomic E-state index is 11.9. The van der Waals surface area contributed by atoms with Gasteiger partial charge in [0.25, 0.3) is 5.56 Å². The highest BCUT2D eigenvalue weighted by Gasteiger charge is 2.38. The molecule has 0 atom stereocenters. The molecule has 7 nitrogen and oxygen atoms in total. The zero-order valence-electron chi connectivity index (χ0n) is 19.3. The van der Waals surface area contributed by atoms with Crippen molar-refractivity contribution in [2.24, 2.45) is 7.05 Å². The van der Waals surface area contributed by atoms with Gasteiger partial charge in [0.15, 0.2) is 0 Å². The van der Waals surface area contributed by atoms with Crippen LogP contribution >= 0.6 is 0 Å². The number of nitrogens with zero attached hydrogens (tertiary/aromatic N) is 1. The predicted molar refractivity (Wildman–Crippen MR) is 128 cm³/mol. The van der Waals surface area contributed by atoms with Crippen molar-refractivity contribution >= 4 is 11.6 Å². The van der Waals surface area contributed by atoms with Crippen molar-refractivity contribution in [2.75, 3.05) is 0 Å².